The third kappa shape index (κ3) is 6.46. The third-order valence-electron chi connectivity index (χ3n) is 4.15. The lowest BCUT2D eigenvalue weighted by molar-refractivity contribution is -0.116. The third-order valence-corrected chi connectivity index (χ3v) is 4.15. The van der Waals surface area contributed by atoms with Crippen molar-refractivity contribution in [3.05, 3.63) is 48.0 Å². The normalized spacial score (nSPS) is 11.8. The molecule has 28 heavy (non-hydrogen) atoms. The van der Waals surface area contributed by atoms with E-state index in [0.717, 1.165) is 11.3 Å². The van der Waals surface area contributed by atoms with Gasteiger partial charge in [0.25, 0.3) is 0 Å². The van der Waals surface area contributed by atoms with Gasteiger partial charge in [0.2, 0.25) is 5.91 Å². The maximum absolute atomic E-state index is 12.4. The summed E-state index contributed by atoms with van der Waals surface area (Å²) >= 11 is 0. The lowest BCUT2D eigenvalue weighted by atomic mass is 10.1. The van der Waals surface area contributed by atoms with Gasteiger partial charge in [-0.25, -0.2) is 0 Å². The van der Waals surface area contributed by atoms with E-state index in [2.05, 4.69) is 10.6 Å². The zero-order valence-corrected chi connectivity index (χ0v) is 17.2. The summed E-state index contributed by atoms with van der Waals surface area (Å²) in [6, 6.07) is 13.2. The molecule has 6 nitrogen and oxygen atoms in total. The fourth-order valence-electron chi connectivity index (χ4n) is 2.77. The molecular weight excluding hydrogens is 356 g/mol. The number of para-hydroxylation sites is 1. The van der Waals surface area contributed by atoms with Gasteiger partial charge in [0.1, 0.15) is 17.2 Å². The smallest absolute Gasteiger partial charge is 0.226 e. The summed E-state index contributed by atoms with van der Waals surface area (Å²) in [6.07, 6.45) is 0.440. The van der Waals surface area contributed by atoms with Crippen LogP contribution >= 0.6 is 0 Å². The molecule has 0 aromatic heterocycles. The molecule has 2 rings (SSSR count). The molecule has 1 unspecified atom stereocenters. The van der Waals surface area contributed by atoms with Crippen LogP contribution in [0.2, 0.25) is 0 Å². The maximum Gasteiger partial charge on any atom is 0.226 e. The second-order valence-electron chi connectivity index (χ2n) is 6.87. The number of anilines is 1. The first kappa shape index (κ1) is 21.6. The number of benzene rings is 2. The van der Waals surface area contributed by atoms with Crippen LogP contribution in [-0.4, -0.2) is 32.3 Å². The van der Waals surface area contributed by atoms with Crippen molar-refractivity contribution < 1.29 is 19.0 Å². The molecule has 0 radical (unpaired) electrons. The molecule has 0 bridgehead atoms. The van der Waals surface area contributed by atoms with Crippen LogP contribution in [0, 0.1) is 0 Å². The molecule has 0 saturated carbocycles. The summed E-state index contributed by atoms with van der Waals surface area (Å²) in [7, 11) is 3.15. The van der Waals surface area contributed by atoms with Crippen molar-refractivity contribution in [1.29, 1.82) is 0 Å². The predicted molar refractivity (Wildman–Crippen MR) is 111 cm³/mol. The average molecular weight is 386 g/mol. The Morgan fingerprint density at radius 3 is 2.43 bits per heavy atom. The second-order valence-corrected chi connectivity index (χ2v) is 6.87. The zero-order valence-electron chi connectivity index (χ0n) is 17.2. The second kappa shape index (κ2) is 10.6. The van der Waals surface area contributed by atoms with Crippen molar-refractivity contribution in [2.45, 2.75) is 45.9 Å². The minimum Gasteiger partial charge on any atom is -0.497 e. The van der Waals surface area contributed by atoms with E-state index in [-0.39, 0.29) is 18.1 Å². The highest BCUT2D eigenvalue weighted by Gasteiger charge is 2.13. The number of amides is 1. The van der Waals surface area contributed by atoms with Crippen LogP contribution in [0.4, 0.5) is 5.69 Å². The van der Waals surface area contributed by atoms with Crippen molar-refractivity contribution >= 4 is 11.6 Å². The molecule has 0 aliphatic rings. The fourth-order valence-corrected chi connectivity index (χ4v) is 2.77. The van der Waals surface area contributed by atoms with Gasteiger partial charge in [0.05, 0.1) is 26.0 Å². The summed E-state index contributed by atoms with van der Waals surface area (Å²) in [5, 5.41) is 6.28. The molecule has 2 aromatic rings. The monoisotopic (exact) mass is 386 g/mol. The minimum atomic E-state index is -0.0988. The number of hydrogen-bond acceptors (Lipinski definition) is 5. The van der Waals surface area contributed by atoms with E-state index < -0.39 is 0 Å². The van der Waals surface area contributed by atoms with Gasteiger partial charge < -0.3 is 24.8 Å². The summed E-state index contributed by atoms with van der Waals surface area (Å²) in [4.78, 5) is 12.4. The Balaban J connectivity index is 1.92. The summed E-state index contributed by atoms with van der Waals surface area (Å²) in [5.74, 6) is 2.01. The van der Waals surface area contributed by atoms with Gasteiger partial charge in [-0.2, -0.15) is 0 Å². The van der Waals surface area contributed by atoms with E-state index in [0.29, 0.717) is 30.2 Å². The molecule has 1 amide bonds. The van der Waals surface area contributed by atoms with E-state index >= 15 is 0 Å². The van der Waals surface area contributed by atoms with Gasteiger partial charge in [-0.15, -0.1) is 0 Å². The Kier molecular flexibility index (Phi) is 8.14. The van der Waals surface area contributed by atoms with Crippen LogP contribution in [0.25, 0.3) is 0 Å². The standard InChI is InChI=1S/C22H30N2O4/c1-15(2)28-20-9-7-6-8-17(20)14-23-16(3)12-22(25)24-19-13-18(26-4)10-11-21(19)27-5/h6-11,13,15-16,23H,12,14H2,1-5H3,(H,24,25). The van der Waals surface area contributed by atoms with Crippen molar-refractivity contribution in [3.8, 4) is 17.2 Å². The molecule has 0 heterocycles. The molecule has 2 aromatic carbocycles. The van der Waals surface area contributed by atoms with Gasteiger partial charge in [-0.1, -0.05) is 18.2 Å². The predicted octanol–water partition coefficient (Wildman–Crippen LogP) is 4.00. The molecule has 0 fully saturated rings. The van der Waals surface area contributed by atoms with E-state index in [1.165, 1.54) is 0 Å². The highest BCUT2D eigenvalue weighted by Crippen LogP contribution is 2.29. The van der Waals surface area contributed by atoms with Crippen molar-refractivity contribution in [3.63, 3.8) is 0 Å². The average Bonchev–Trinajstić information content (AvgIpc) is 2.66. The maximum atomic E-state index is 12.4. The number of methoxy groups -OCH3 is 2. The number of nitrogens with one attached hydrogen (secondary N) is 2. The topological polar surface area (TPSA) is 68.8 Å². The highest BCUT2D eigenvalue weighted by molar-refractivity contribution is 5.92. The van der Waals surface area contributed by atoms with E-state index in [1.54, 1.807) is 32.4 Å². The van der Waals surface area contributed by atoms with Crippen molar-refractivity contribution in [2.75, 3.05) is 19.5 Å². The Bertz CT molecular complexity index is 777. The summed E-state index contributed by atoms with van der Waals surface area (Å²) in [6.45, 7) is 6.61. The Morgan fingerprint density at radius 1 is 1.00 bits per heavy atom. The SMILES string of the molecule is COc1ccc(OC)c(NC(=O)CC(C)NCc2ccccc2OC(C)C)c1. The van der Waals surface area contributed by atoms with Crippen LogP contribution in [0.5, 0.6) is 17.2 Å². The number of ether oxygens (including phenoxy) is 3. The Hall–Kier alpha value is -2.73. The molecule has 0 aliphatic carbocycles. The van der Waals surface area contributed by atoms with Gasteiger partial charge >= 0.3 is 0 Å². The first-order valence-electron chi connectivity index (χ1n) is 9.42. The van der Waals surface area contributed by atoms with Crippen LogP contribution in [0.1, 0.15) is 32.8 Å². The molecule has 6 heteroatoms. The molecule has 2 N–H and O–H groups in total. The molecule has 0 saturated heterocycles. The molecule has 1 atom stereocenters. The van der Waals surface area contributed by atoms with Gasteiger partial charge in [0.15, 0.2) is 0 Å². The van der Waals surface area contributed by atoms with E-state index in [4.69, 9.17) is 14.2 Å². The van der Waals surface area contributed by atoms with Crippen LogP contribution in [0.3, 0.4) is 0 Å². The Morgan fingerprint density at radius 2 is 1.75 bits per heavy atom. The lowest BCUT2D eigenvalue weighted by Crippen LogP contribution is -2.30. The summed E-state index contributed by atoms with van der Waals surface area (Å²) in [5.41, 5.74) is 1.66. The van der Waals surface area contributed by atoms with Crippen LogP contribution in [0.15, 0.2) is 42.5 Å². The summed E-state index contributed by atoms with van der Waals surface area (Å²) < 4.78 is 16.4. The van der Waals surface area contributed by atoms with E-state index in [1.807, 2.05) is 45.0 Å². The van der Waals surface area contributed by atoms with Crippen molar-refractivity contribution in [2.24, 2.45) is 0 Å². The highest BCUT2D eigenvalue weighted by atomic mass is 16.5. The number of carbonyl (C=O) groups excluding carboxylic acids is 1. The molecular formula is C22H30N2O4. The first-order valence-corrected chi connectivity index (χ1v) is 9.42. The van der Waals surface area contributed by atoms with Crippen molar-refractivity contribution in [1.82, 2.24) is 5.32 Å². The van der Waals surface area contributed by atoms with E-state index in [9.17, 15) is 4.79 Å². The first-order chi connectivity index (χ1) is 13.4. The zero-order chi connectivity index (χ0) is 20.5. The van der Waals surface area contributed by atoms with Crippen LogP contribution < -0.4 is 24.8 Å². The number of hydrogen-bond donors (Lipinski definition) is 2. The van der Waals surface area contributed by atoms with Gasteiger partial charge in [-0.05, 0) is 39.0 Å². The van der Waals surface area contributed by atoms with Gasteiger partial charge in [-0.3, -0.25) is 4.79 Å². The number of carbonyl (C=O) groups is 1. The fraction of sp³-hybridized carbons (Fsp3) is 0.409. The minimum absolute atomic E-state index is 0.0105. The Labute approximate surface area is 167 Å². The van der Waals surface area contributed by atoms with Crippen LogP contribution in [-0.2, 0) is 11.3 Å². The molecule has 0 spiro atoms. The number of rotatable bonds is 10. The van der Waals surface area contributed by atoms with Gasteiger partial charge in [0, 0.05) is 30.6 Å². The lowest BCUT2D eigenvalue weighted by Gasteiger charge is -2.18. The molecule has 152 valence electrons. The largest absolute Gasteiger partial charge is 0.497 e. The molecule has 0 aliphatic heterocycles. The quantitative estimate of drug-likeness (QED) is 0.646.